The summed E-state index contributed by atoms with van der Waals surface area (Å²) >= 11 is 0. The number of hydrogen-bond donors (Lipinski definition) is 1. The Morgan fingerprint density at radius 3 is 1.38 bits per heavy atom. The molecular formula is C41H72O4. The van der Waals surface area contributed by atoms with Crippen molar-refractivity contribution in [3.8, 4) is 0 Å². The van der Waals surface area contributed by atoms with E-state index in [4.69, 9.17) is 9.47 Å². The van der Waals surface area contributed by atoms with Crippen molar-refractivity contribution in [1.82, 2.24) is 0 Å². The van der Waals surface area contributed by atoms with Crippen molar-refractivity contribution in [3.05, 3.63) is 60.9 Å². The van der Waals surface area contributed by atoms with E-state index in [1.165, 1.54) is 154 Å². The molecule has 0 fully saturated rings. The first-order chi connectivity index (χ1) is 22.2. The summed E-state index contributed by atoms with van der Waals surface area (Å²) in [6.45, 7) is 4.38. The van der Waals surface area contributed by atoms with Crippen LogP contribution in [0.1, 0.15) is 174 Å². The first kappa shape index (κ1) is 42.9. The lowest BCUT2D eigenvalue weighted by molar-refractivity contribution is -0.147. The van der Waals surface area contributed by atoms with Gasteiger partial charge in [0, 0.05) is 6.08 Å². The molecule has 0 aliphatic rings. The smallest absolute Gasteiger partial charge is 0.331 e. The van der Waals surface area contributed by atoms with Gasteiger partial charge in [0.1, 0.15) is 6.61 Å². The molecule has 0 radical (unpaired) electrons. The van der Waals surface area contributed by atoms with E-state index in [-0.39, 0.29) is 13.2 Å². The summed E-state index contributed by atoms with van der Waals surface area (Å²) in [5.74, 6) is -0.473. The number of allylic oxidation sites excluding steroid dienone is 8. The number of carbonyl (C=O) groups is 1. The molecule has 0 bridgehead atoms. The molecular weight excluding hydrogens is 556 g/mol. The van der Waals surface area contributed by atoms with Gasteiger partial charge in [-0.15, -0.1) is 0 Å². The Morgan fingerprint density at radius 2 is 0.933 bits per heavy atom. The molecule has 0 spiro atoms. The molecule has 0 saturated heterocycles. The molecule has 0 amide bonds. The van der Waals surface area contributed by atoms with Gasteiger partial charge < -0.3 is 14.6 Å². The van der Waals surface area contributed by atoms with Crippen LogP contribution in [0.15, 0.2) is 60.9 Å². The van der Waals surface area contributed by atoms with E-state index in [2.05, 4.69) is 32.1 Å². The maximum Gasteiger partial charge on any atom is 0.331 e. The van der Waals surface area contributed by atoms with Crippen molar-refractivity contribution in [2.45, 2.75) is 180 Å². The van der Waals surface area contributed by atoms with Crippen LogP contribution in [0.5, 0.6) is 0 Å². The zero-order valence-corrected chi connectivity index (χ0v) is 29.6. The Morgan fingerprint density at radius 1 is 0.533 bits per heavy atom. The van der Waals surface area contributed by atoms with Crippen LogP contribution in [0.2, 0.25) is 0 Å². The van der Waals surface area contributed by atoms with E-state index in [0.717, 1.165) is 12.8 Å². The average Bonchev–Trinajstić information content (AvgIpc) is 3.05. The van der Waals surface area contributed by atoms with E-state index in [0.29, 0.717) is 0 Å². The summed E-state index contributed by atoms with van der Waals surface area (Å²) in [6.07, 6.45) is 51.4. The van der Waals surface area contributed by atoms with Crippen LogP contribution < -0.4 is 0 Å². The Kier molecular flexibility index (Phi) is 36.4. The predicted octanol–water partition coefficient (Wildman–Crippen LogP) is 12.4. The van der Waals surface area contributed by atoms with E-state index >= 15 is 0 Å². The number of carbonyl (C=O) groups excluding carboxylic acids is 1. The molecule has 0 aliphatic carbocycles. The molecule has 0 saturated carbocycles. The third-order valence-corrected chi connectivity index (χ3v) is 8.09. The number of aliphatic hydroxyl groups is 1. The highest BCUT2D eigenvalue weighted by Gasteiger charge is 2.11. The van der Waals surface area contributed by atoms with Crippen LogP contribution in [0.3, 0.4) is 0 Å². The Labute approximate surface area is 279 Å². The molecule has 0 aromatic carbocycles. The number of rotatable bonds is 34. The van der Waals surface area contributed by atoms with Crippen molar-refractivity contribution in [3.63, 3.8) is 0 Å². The van der Waals surface area contributed by atoms with Crippen LogP contribution in [-0.4, -0.2) is 30.4 Å². The Hall–Kier alpha value is -2.07. The predicted molar refractivity (Wildman–Crippen MR) is 195 cm³/mol. The summed E-state index contributed by atoms with van der Waals surface area (Å²) in [7, 11) is 0. The van der Waals surface area contributed by atoms with Gasteiger partial charge in [-0.3, -0.25) is 0 Å². The van der Waals surface area contributed by atoms with E-state index in [1.54, 1.807) is 18.4 Å². The standard InChI is InChI=1S/C41H72O4/c1-3-5-7-9-11-13-15-17-19-20-21-23-25-27-29-31-33-35-37-44-39-40(38-42)45-41(43)36-34-32-30-28-26-24-22-18-16-14-12-10-8-6-4-2/h27,29-37,40,42H,3-26,28,38-39H2,1-2H3. The SMILES string of the molecule is CCCCCCCCCCCCCC=CC=CC(=O)OC(CO)COC=CC=CC=CCCCCCCCCCCCCCC. The zero-order valence-electron chi connectivity index (χ0n) is 29.6. The molecule has 0 heterocycles. The Bertz CT molecular complexity index is 749. The fourth-order valence-electron chi connectivity index (χ4n) is 5.23. The highest BCUT2D eigenvalue weighted by molar-refractivity contribution is 5.82. The molecule has 0 aromatic rings. The van der Waals surface area contributed by atoms with Crippen LogP contribution in [-0.2, 0) is 14.3 Å². The van der Waals surface area contributed by atoms with Crippen LogP contribution in [0, 0.1) is 0 Å². The van der Waals surface area contributed by atoms with Gasteiger partial charge in [0.15, 0.2) is 6.10 Å². The van der Waals surface area contributed by atoms with Gasteiger partial charge in [-0.05, 0) is 31.8 Å². The number of unbranched alkanes of at least 4 members (excludes halogenated alkanes) is 23. The fraction of sp³-hybridized carbons (Fsp3) is 0.732. The third kappa shape index (κ3) is 36.3. The van der Waals surface area contributed by atoms with Gasteiger partial charge in [0.05, 0.1) is 12.9 Å². The van der Waals surface area contributed by atoms with Gasteiger partial charge in [0.25, 0.3) is 0 Å². The highest BCUT2D eigenvalue weighted by atomic mass is 16.6. The van der Waals surface area contributed by atoms with Crippen LogP contribution >= 0.6 is 0 Å². The second kappa shape index (κ2) is 38.1. The lowest BCUT2D eigenvalue weighted by Crippen LogP contribution is -2.25. The number of esters is 1. The lowest BCUT2D eigenvalue weighted by atomic mass is 10.0. The molecule has 4 heteroatoms. The number of ether oxygens (including phenoxy) is 2. The molecule has 260 valence electrons. The monoisotopic (exact) mass is 629 g/mol. The van der Waals surface area contributed by atoms with Crippen molar-refractivity contribution in [1.29, 1.82) is 0 Å². The molecule has 0 aromatic heterocycles. The molecule has 1 atom stereocenters. The molecule has 1 unspecified atom stereocenters. The maximum absolute atomic E-state index is 12.0. The first-order valence-electron chi connectivity index (χ1n) is 19.0. The minimum Gasteiger partial charge on any atom is -0.497 e. The Balaban J connectivity index is 3.68. The van der Waals surface area contributed by atoms with E-state index in [1.807, 2.05) is 18.2 Å². The van der Waals surface area contributed by atoms with Crippen LogP contribution in [0.4, 0.5) is 0 Å². The summed E-state index contributed by atoms with van der Waals surface area (Å²) in [6, 6.07) is 0. The molecule has 0 aliphatic heterocycles. The third-order valence-electron chi connectivity index (χ3n) is 8.09. The van der Waals surface area contributed by atoms with Crippen LogP contribution in [0.25, 0.3) is 0 Å². The molecule has 4 nitrogen and oxygen atoms in total. The minimum absolute atomic E-state index is 0.115. The summed E-state index contributed by atoms with van der Waals surface area (Å²) in [5.41, 5.74) is 0. The largest absolute Gasteiger partial charge is 0.497 e. The first-order valence-corrected chi connectivity index (χ1v) is 19.0. The number of aliphatic hydroxyl groups excluding tert-OH is 1. The average molecular weight is 629 g/mol. The lowest BCUT2D eigenvalue weighted by Gasteiger charge is -2.13. The minimum atomic E-state index is -0.688. The zero-order chi connectivity index (χ0) is 32.7. The molecule has 45 heavy (non-hydrogen) atoms. The van der Waals surface area contributed by atoms with Gasteiger partial charge >= 0.3 is 5.97 Å². The molecule has 1 N–H and O–H groups in total. The second-order valence-electron chi connectivity index (χ2n) is 12.5. The van der Waals surface area contributed by atoms with Crippen molar-refractivity contribution >= 4 is 5.97 Å². The van der Waals surface area contributed by atoms with Gasteiger partial charge in [0.2, 0.25) is 0 Å². The molecule has 0 rings (SSSR count). The second-order valence-corrected chi connectivity index (χ2v) is 12.5. The summed E-state index contributed by atoms with van der Waals surface area (Å²) in [4.78, 5) is 12.0. The summed E-state index contributed by atoms with van der Waals surface area (Å²) < 4.78 is 10.7. The quantitative estimate of drug-likeness (QED) is 0.0253. The topological polar surface area (TPSA) is 55.8 Å². The number of hydrogen-bond acceptors (Lipinski definition) is 4. The summed E-state index contributed by atoms with van der Waals surface area (Å²) in [5, 5.41) is 9.49. The normalized spacial score (nSPS) is 13.0. The van der Waals surface area contributed by atoms with Crippen molar-refractivity contribution in [2.75, 3.05) is 13.2 Å². The van der Waals surface area contributed by atoms with E-state index < -0.39 is 12.1 Å². The maximum atomic E-state index is 12.0. The fourth-order valence-corrected chi connectivity index (χ4v) is 5.23. The van der Waals surface area contributed by atoms with Gasteiger partial charge in [-0.1, -0.05) is 191 Å². The van der Waals surface area contributed by atoms with E-state index in [9.17, 15) is 9.90 Å². The van der Waals surface area contributed by atoms with Crippen molar-refractivity contribution in [2.24, 2.45) is 0 Å². The highest BCUT2D eigenvalue weighted by Crippen LogP contribution is 2.13. The van der Waals surface area contributed by atoms with Gasteiger partial charge in [-0.25, -0.2) is 4.79 Å². The van der Waals surface area contributed by atoms with Gasteiger partial charge in [-0.2, -0.15) is 0 Å². The van der Waals surface area contributed by atoms with Crippen molar-refractivity contribution < 1.29 is 19.4 Å².